The predicted molar refractivity (Wildman–Crippen MR) is 74.0 cm³/mol. The van der Waals surface area contributed by atoms with Crippen LogP contribution in [0.5, 0.6) is 0 Å². The fourth-order valence-corrected chi connectivity index (χ4v) is 2.31. The normalized spacial score (nSPS) is 21.9. The van der Waals surface area contributed by atoms with Crippen LogP contribution in [0.1, 0.15) is 12.0 Å². The number of carbonyl (C=O) groups excluding carboxylic acids is 1. The van der Waals surface area contributed by atoms with Crippen LogP contribution in [0.25, 0.3) is 6.08 Å². The molecule has 1 fully saturated rings. The molecule has 1 aromatic carbocycles. The summed E-state index contributed by atoms with van der Waals surface area (Å²) in [5.41, 5.74) is 0.278. The van der Waals surface area contributed by atoms with E-state index >= 15 is 0 Å². The number of carbonyl (C=O) groups is 2. The number of hydrogen-bond acceptors (Lipinski definition) is 3. The van der Waals surface area contributed by atoms with E-state index in [1.807, 2.05) is 0 Å². The zero-order valence-electron chi connectivity index (χ0n) is 11.5. The summed E-state index contributed by atoms with van der Waals surface area (Å²) in [6.45, 7) is 0.216. The Bertz CT molecular complexity index is 573. The maximum Gasteiger partial charge on any atom is 0.326 e. The van der Waals surface area contributed by atoms with Crippen LogP contribution in [-0.4, -0.2) is 47.7 Å². The fraction of sp³-hybridized carbons (Fsp3) is 0.333. The first-order chi connectivity index (χ1) is 10.0. The van der Waals surface area contributed by atoms with Crippen LogP contribution in [0.15, 0.2) is 30.3 Å². The van der Waals surface area contributed by atoms with Gasteiger partial charge in [0.1, 0.15) is 11.9 Å². The van der Waals surface area contributed by atoms with Gasteiger partial charge in [-0.2, -0.15) is 0 Å². The Balaban J connectivity index is 2.12. The Hall–Kier alpha value is -2.21. The summed E-state index contributed by atoms with van der Waals surface area (Å²) >= 11 is 0. The standard InChI is InChI=1S/C15H16FNO4/c1-21-11-8-13(15(19)20)17(9-11)14(18)7-6-10-4-2-3-5-12(10)16/h2-7,11,13H,8-9H2,1H3,(H,19,20)/b7-6+. The van der Waals surface area contributed by atoms with Crippen LogP contribution in [0, 0.1) is 5.82 Å². The van der Waals surface area contributed by atoms with E-state index in [0.717, 1.165) is 0 Å². The van der Waals surface area contributed by atoms with Crippen molar-refractivity contribution in [3.63, 3.8) is 0 Å². The number of aliphatic carboxylic acids is 1. The summed E-state index contributed by atoms with van der Waals surface area (Å²) in [5.74, 6) is -1.97. The molecule has 1 heterocycles. The zero-order chi connectivity index (χ0) is 15.4. The molecule has 0 spiro atoms. The quantitative estimate of drug-likeness (QED) is 0.855. The summed E-state index contributed by atoms with van der Waals surface area (Å²) in [6.07, 6.45) is 2.49. The average molecular weight is 293 g/mol. The molecule has 5 nitrogen and oxygen atoms in total. The molecule has 0 saturated carbocycles. The lowest BCUT2D eigenvalue weighted by atomic mass is 10.2. The minimum atomic E-state index is -1.07. The molecule has 6 heteroatoms. The van der Waals surface area contributed by atoms with Crippen molar-refractivity contribution in [2.75, 3.05) is 13.7 Å². The van der Waals surface area contributed by atoms with Crippen LogP contribution in [0.3, 0.4) is 0 Å². The zero-order valence-corrected chi connectivity index (χ0v) is 11.5. The third-order valence-corrected chi connectivity index (χ3v) is 3.47. The molecular weight excluding hydrogens is 277 g/mol. The van der Waals surface area contributed by atoms with Crippen molar-refractivity contribution in [3.8, 4) is 0 Å². The Morgan fingerprint density at radius 2 is 2.14 bits per heavy atom. The van der Waals surface area contributed by atoms with Gasteiger partial charge in [0.15, 0.2) is 0 Å². The molecule has 1 amide bonds. The van der Waals surface area contributed by atoms with E-state index in [9.17, 15) is 14.0 Å². The first-order valence-electron chi connectivity index (χ1n) is 6.51. The molecule has 1 N–H and O–H groups in total. The van der Waals surface area contributed by atoms with E-state index in [2.05, 4.69) is 0 Å². The monoisotopic (exact) mass is 293 g/mol. The molecule has 1 aliphatic rings. The molecule has 0 aliphatic carbocycles. The number of nitrogens with zero attached hydrogens (tertiary/aromatic N) is 1. The van der Waals surface area contributed by atoms with Gasteiger partial charge in [0.2, 0.25) is 5.91 Å². The van der Waals surface area contributed by atoms with Crippen molar-refractivity contribution >= 4 is 18.0 Å². The predicted octanol–water partition coefficient (Wildman–Crippen LogP) is 1.54. The van der Waals surface area contributed by atoms with Gasteiger partial charge in [0, 0.05) is 31.7 Å². The number of carboxylic acids is 1. The first-order valence-corrected chi connectivity index (χ1v) is 6.51. The molecule has 2 atom stereocenters. The second kappa shape index (κ2) is 6.49. The number of halogens is 1. The highest BCUT2D eigenvalue weighted by molar-refractivity contribution is 5.94. The van der Waals surface area contributed by atoms with E-state index in [4.69, 9.17) is 9.84 Å². The second-order valence-electron chi connectivity index (χ2n) is 4.79. The molecule has 0 aromatic heterocycles. The van der Waals surface area contributed by atoms with E-state index < -0.39 is 23.7 Å². The van der Waals surface area contributed by atoms with Crippen LogP contribution in [0.4, 0.5) is 4.39 Å². The smallest absolute Gasteiger partial charge is 0.326 e. The molecular formula is C15H16FNO4. The summed E-state index contributed by atoms with van der Waals surface area (Å²) in [6, 6.07) is 5.13. The van der Waals surface area contributed by atoms with Crippen molar-refractivity contribution in [1.29, 1.82) is 0 Å². The largest absolute Gasteiger partial charge is 0.480 e. The molecule has 112 valence electrons. The van der Waals surface area contributed by atoms with Gasteiger partial charge in [-0.05, 0) is 12.1 Å². The second-order valence-corrected chi connectivity index (χ2v) is 4.79. The highest BCUT2D eigenvalue weighted by Gasteiger charge is 2.38. The average Bonchev–Trinajstić information content (AvgIpc) is 2.90. The van der Waals surface area contributed by atoms with Gasteiger partial charge in [-0.1, -0.05) is 18.2 Å². The maximum atomic E-state index is 13.4. The van der Waals surface area contributed by atoms with Crippen molar-refractivity contribution in [2.24, 2.45) is 0 Å². The van der Waals surface area contributed by atoms with Crippen LogP contribution in [-0.2, 0) is 14.3 Å². The molecule has 1 aliphatic heterocycles. The van der Waals surface area contributed by atoms with Gasteiger partial charge in [-0.3, -0.25) is 4.79 Å². The molecule has 0 bridgehead atoms. The van der Waals surface area contributed by atoms with Gasteiger partial charge in [-0.25, -0.2) is 9.18 Å². The van der Waals surface area contributed by atoms with Gasteiger partial charge in [-0.15, -0.1) is 0 Å². The molecule has 2 rings (SSSR count). The third kappa shape index (κ3) is 3.46. The summed E-state index contributed by atoms with van der Waals surface area (Å²) in [7, 11) is 1.48. The van der Waals surface area contributed by atoms with Crippen molar-refractivity contribution < 1.29 is 23.8 Å². The van der Waals surface area contributed by atoms with Gasteiger partial charge in [0.05, 0.1) is 6.10 Å². The Morgan fingerprint density at radius 1 is 1.43 bits per heavy atom. The number of hydrogen-bond donors (Lipinski definition) is 1. The Morgan fingerprint density at radius 3 is 2.76 bits per heavy atom. The number of likely N-dealkylation sites (tertiary alicyclic amines) is 1. The van der Waals surface area contributed by atoms with Gasteiger partial charge < -0.3 is 14.7 Å². The van der Waals surface area contributed by atoms with E-state index in [1.165, 1.54) is 36.3 Å². The first kappa shape index (κ1) is 15.2. The number of rotatable bonds is 4. The van der Waals surface area contributed by atoms with E-state index in [1.54, 1.807) is 12.1 Å². The number of methoxy groups -OCH3 is 1. The molecule has 21 heavy (non-hydrogen) atoms. The lowest BCUT2D eigenvalue weighted by Gasteiger charge is -2.19. The van der Waals surface area contributed by atoms with Crippen molar-refractivity contribution in [2.45, 2.75) is 18.6 Å². The SMILES string of the molecule is COC1CC(C(=O)O)N(C(=O)/C=C/c2ccccc2F)C1. The highest BCUT2D eigenvalue weighted by Crippen LogP contribution is 2.21. The van der Waals surface area contributed by atoms with Crippen LogP contribution >= 0.6 is 0 Å². The Labute approximate surface area is 121 Å². The lowest BCUT2D eigenvalue weighted by Crippen LogP contribution is -2.39. The number of ether oxygens (including phenoxy) is 1. The van der Waals surface area contributed by atoms with E-state index in [0.29, 0.717) is 0 Å². The van der Waals surface area contributed by atoms with Crippen LogP contribution in [0.2, 0.25) is 0 Å². The Kier molecular flexibility index (Phi) is 4.70. The summed E-state index contributed by atoms with van der Waals surface area (Å²) < 4.78 is 18.6. The van der Waals surface area contributed by atoms with E-state index in [-0.39, 0.29) is 24.6 Å². The van der Waals surface area contributed by atoms with Crippen molar-refractivity contribution in [1.82, 2.24) is 4.90 Å². The third-order valence-electron chi connectivity index (χ3n) is 3.47. The molecule has 1 aromatic rings. The molecule has 0 radical (unpaired) electrons. The summed E-state index contributed by atoms with van der Waals surface area (Å²) in [4.78, 5) is 24.5. The topological polar surface area (TPSA) is 66.8 Å². The molecule has 1 saturated heterocycles. The minimum absolute atomic E-state index is 0.216. The maximum absolute atomic E-state index is 13.4. The minimum Gasteiger partial charge on any atom is -0.480 e. The van der Waals surface area contributed by atoms with Crippen molar-refractivity contribution in [3.05, 3.63) is 41.7 Å². The number of amides is 1. The fourth-order valence-electron chi connectivity index (χ4n) is 2.31. The van der Waals surface area contributed by atoms with Gasteiger partial charge in [0.25, 0.3) is 0 Å². The van der Waals surface area contributed by atoms with Gasteiger partial charge >= 0.3 is 5.97 Å². The van der Waals surface area contributed by atoms with Crippen LogP contribution < -0.4 is 0 Å². The molecule has 2 unspecified atom stereocenters. The summed E-state index contributed by atoms with van der Waals surface area (Å²) in [5, 5.41) is 9.14. The lowest BCUT2D eigenvalue weighted by molar-refractivity contribution is -0.146. The highest BCUT2D eigenvalue weighted by atomic mass is 19.1. The number of benzene rings is 1. The number of carboxylic acid groups (broad SMARTS) is 1.